The summed E-state index contributed by atoms with van der Waals surface area (Å²) in [6.45, 7) is 4.52. The van der Waals surface area contributed by atoms with Gasteiger partial charge in [0.2, 0.25) is 5.91 Å². The number of hydrogen-bond donors (Lipinski definition) is 2. The van der Waals surface area contributed by atoms with Gasteiger partial charge in [0.25, 0.3) is 5.91 Å². The quantitative estimate of drug-likeness (QED) is 0.759. The summed E-state index contributed by atoms with van der Waals surface area (Å²) < 4.78 is 1.98. The number of anilines is 1. The molecule has 3 rings (SSSR count). The summed E-state index contributed by atoms with van der Waals surface area (Å²) >= 11 is 0. The number of aromatic nitrogens is 3. The highest BCUT2D eigenvalue weighted by Crippen LogP contribution is 2.38. The molecular formula is C17H19N5O2. The van der Waals surface area contributed by atoms with Crippen molar-refractivity contribution >= 4 is 17.5 Å². The molecule has 7 heteroatoms. The Bertz CT molecular complexity index is 764. The van der Waals surface area contributed by atoms with Crippen LogP contribution in [0, 0.1) is 0 Å². The zero-order valence-corrected chi connectivity index (χ0v) is 13.2. The van der Waals surface area contributed by atoms with Gasteiger partial charge in [-0.1, -0.05) is 12.6 Å². The standard InChI is InChI=1S/C17H19N5O2/c1-2-15(23)20-14-5-3-4-13(10-14)17(24)18-8-9-22-11-19-21-16(22)12-6-7-12/h2-5,10-12H,1,6-9H2,(H,18,24)(H,20,23). The number of rotatable bonds is 7. The average Bonchev–Trinajstić information content (AvgIpc) is 3.34. The van der Waals surface area contributed by atoms with Gasteiger partial charge in [0.1, 0.15) is 12.2 Å². The maximum absolute atomic E-state index is 12.2. The first kappa shape index (κ1) is 15.9. The molecule has 0 atom stereocenters. The van der Waals surface area contributed by atoms with Crippen LogP contribution in [0.4, 0.5) is 5.69 Å². The monoisotopic (exact) mass is 325 g/mol. The summed E-state index contributed by atoms with van der Waals surface area (Å²) in [5, 5.41) is 13.6. The Morgan fingerprint density at radius 1 is 1.38 bits per heavy atom. The molecule has 0 radical (unpaired) electrons. The summed E-state index contributed by atoms with van der Waals surface area (Å²) in [5.41, 5.74) is 1.05. The molecule has 0 unspecified atom stereocenters. The number of benzene rings is 1. The van der Waals surface area contributed by atoms with Crippen LogP contribution in [0.25, 0.3) is 0 Å². The second-order valence-corrected chi connectivity index (χ2v) is 5.69. The van der Waals surface area contributed by atoms with Crippen LogP contribution in [-0.4, -0.2) is 33.1 Å². The van der Waals surface area contributed by atoms with E-state index in [0.717, 1.165) is 18.7 Å². The normalized spacial score (nSPS) is 13.3. The molecule has 1 aliphatic rings. The summed E-state index contributed by atoms with van der Waals surface area (Å²) in [5.74, 6) is 1.02. The van der Waals surface area contributed by atoms with E-state index in [1.807, 2.05) is 4.57 Å². The lowest BCUT2D eigenvalue weighted by Crippen LogP contribution is -2.27. The van der Waals surface area contributed by atoms with Crippen molar-refractivity contribution < 1.29 is 9.59 Å². The van der Waals surface area contributed by atoms with Gasteiger partial charge in [-0.25, -0.2) is 0 Å². The number of nitrogens with zero attached hydrogens (tertiary/aromatic N) is 3. The number of nitrogens with one attached hydrogen (secondary N) is 2. The van der Waals surface area contributed by atoms with E-state index in [9.17, 15) is 9.59 Å². The van der Waals surface area contributed by atoms with E-state index >= 15 is 0 Å². The van der Waals surface area contributed by atoms with Gasteiger partial charge in [0.05, 0.1) is 0 Å². The Morgan fingerprint density at radius 3 is 2.96 bits per heavy atom. The molecular weight excluding hydrogens is 306 g/mol. The minimum absolute atomic E-state index is 0.189. The molecule has 1 aromatic heterocycles. The molecule has 1 saturated carbocycles. The minimum Gasteiger partial charge on any atom is -0.350 e. The highest BCUT2D eigenvalue weighted by molar-refractivity contribution is 6.00. The van der Waals surface area contributed by atoms with Crippen LogP contribution >= 0.6 is 0 Å². The average molecular weight is 325 g/mol. The van der Waals surface area contributed by atoms with Gasteiger partial charge in [-0.05, 0) is 37.1 Å². The van der Waals surface area contributed by atoms with Gasteiger partial charge in [0.15, 0.2) is 0 Å². The molecule has 0 aliphatic heterocycles. The zero-order valence-electron chi connectivity index (χ0n) is 13.2. The minimum atomic E-state index is -0.312. The number of amides is 2. The number of carbonyl (C=O) groups excluding carboxylic acids is 2. The molecule has 0 bridgehead atoms. The van der Waals surface area contributed by atoms with Gasteiger partial charge in [-0.3, -0.25) is 9.59 Å². The van der Waals surface area contributed by atoms with Crippen LogP contribution in [0.5, 0.6) is 0 Å². The van der Waals surface area contributed by atoms with Crippen molar-refractivity contribution in [3.63, 3.8) is 0 Å². The largest absolute Gasteiger partial charge is 0.350 e. The predicted molar refractivity (Wildman–Crippen MR) is 89.6 cm³/mol. The first-order valence-corrected chi connectivity index (χ1v) is 7.87. The lowest BCUT2D eigenvalue weighted by Gasteiger charge is -2.09. The SMILES string of the molecule is C=CC(=O)Nc1cccc(C(=O)NCCn2cnnc2C2CC2)c1. The third-order valence-corrected chi connectivity index (χ3v) is 3.80. The zero-order chi connectivity index (χ0) is 16.9. The van der Waals surface area contributed by atoms with Crippen molar-refractivity contribution in [2.75, 3.05) is 11.9 Å². The topological polar surface area (TPSA) is 88.9 Å². The third-order valence-electron chi connectivity index (χ3n) is 3.80. The molecule has 1 aromatic carbocycles. The highest BCUT2D eigenvalue weighted by atomic mass is 16.2. The van der Waals surface area contributed by atoms with E-state index in [4.69, 9.17) is 0 Å². The fourth-order valence-corrected chi connectivity index (χ4v) is 2.42. The Balaban J connectivity index is 1.54. The van der Waals surface area contributed by atoms with E-state index < -0.39 is 0 Å². The van der Waals surface area contributed by atoms with E-state index in [1.165, 1.54) is 6.08 Å². The van der Waals surface area contributed by atoms with Crippen molar-refractivity contribution in [3.05, 3.63) is 54.6 Å². The summed E-state index contributed by atoms with van der Waals surface area (Å²) in [7, 11) is 0. The third kappa shape index (κ3) is 3.87. The van der Waals surface area contributed by atoms with E-state index in [-0.39, 0.29) is 11.8 Å². The van der Waals surface area contributed by atoms with Crippen LogP contribution in [0.1, 0.15) is 34.9 Å². The molecule has 7 nitrogen and oxygen atoms in total. The van der Waals surface area contributed by atoms with E-state index in [0.29, 0.717) is 30.3 Å². The summed E-state index contributed by atoms with van der Waals surface area (Å²) in [6, 6.07) is 6.77. The van der Waals surface area contributed by atoms with Gasteiger partial charge >= 0.3 is 0 Å². The first-order chi connectivity index (χ1) is 11.7. The molecule has 0 saturated heterocycles. The fourth-order valence-electron chi connectivity index (χ4n) is 2.42. The maximum atomic E-state index is 12.2. The van der Waals surface area contributed by atoms with Crippen molar-refractivity contribution in [2.24, 2.45) is 0 Å². The van der Waals surface area contributed by atoms with Crippen molar-refractivity contribution in [1.82, 2.24) is 20.1 Å². The lowest BCUT2D eigenvalue weighted by molar-refractivity contribution is -0.111. The molecule has 2 aromatic rings. The molecule has 2 amide bonds. The van der Waals surface area contributed by atoms with Crippen LogP contribution in [0.2, 0.25) is 0 Å². The van der Waals surface area contributed by atoms with E-state index in [2.05, 4.69) is 27.4 Å². The Labute approximate surface area is 139 Å². The number of hydrogen-bond acceptors (Lipinski definition) is 4. The maximum Gasteiger partial charge on any atom is 0.251 e. The highest BCUT2D eigenvalue weighted by Gasteiger charge is 2.28. The summed E-state index contributed by atoms with van der Waals surface area (Å²) in [4.78, 5) is 23.5. The Kier molecular flexibility index (Phi) is 4.69. The second kappa shape index (κ2) is 7.08. The van der Waals surface area contributed by atoms with Gasteiger partial charge in [-0.15, -0.1) is 10.2 Å². The molecule has 24 heavy (non-hydrogen) atoms. The molecule has 1 aliphatic carbocycles. The summed E-state index contributed by atoms with van der Waals surface area (Å²) in [6.07, 6.45) is 5.21. The van der Waals surface area contributed by atoms with Crippen LogP contribution < -0.4 is 10.6 Å². The first-order valence-electron chi connectivity index (χ1n) is 7.87. The predicted octanol–water partition coefficient (Wildman–Crippen LogP) is 1.71. The Hall–Kier alpha value is -2.96. The molecule has 1 heterocycles. The fraction of sp³-hybridized carbons (Fsp3) is 0.294. The smallest absolute Gasteiger partial charge is 0.251 e. The Morgan fingerprint density at radius 2 is 2.21 bits per heavy atom. The van der Waals surface area contributed by atoms with Crippen LogP contribution in [-0.2, 0) is 11.3 Å². The molecule has 2 N–H and O–H groups in total. The molecule has 0 spiro atoms. The van der Waals surface area contributed by atoms with Crippen LogP contribution in [0.3, 0.4) is 0 Å². The van der Waals surface area contributed by atoms with Crippen molar-refractivity contribution in [2.45, 2.75) is 25.3 Å². The number of carbonyl (C=O) groups is 2. The van der Waals surface area contributed by atoms with Gasteiger partial charge in [0, 0.05) is 30.3 Å². The van der Waals surface area contributed by atoms with Crippen molar-refractivity contribution in [3.8, 4) is 0 Å². The van der Waals surface area contributed by atoms with Crippen LogP contribution in [0.15, 0.2) is 43.2 Å². The van der Waals surface area contributed by atoms with Gasteiger partial charge in [-0.2, -0.15) is 0 Å². The van der Waals surface area contributed by atoms with Gasteiger partial charge < -0.3 is 15.2 Å². The van der Waals surface area contributed by atoms with Crippen molar-refractivity contribution in [1.29, 1.82) is 0 Å². The second-order valence-electron chi connectivity index (χ2n) is 5.69. The van der Waals surface area contributed by atoms with E-state index in [1.54, 1.807) is 30.6 Å². The molecule has 124 valence electrons. The lowest BCUT2D eigenvalue weighted by atomic mass is 10.2. The molecule has 1 fully saturated rings.